The molecule has 5 atom stereocenters. The monoisotopic (exact) mass is 496 g/mol. The smallest absolute Gasteiger partial charge is 0.245 e. The van der Waals surface area contributed by atoms with Crippen molar-refractivity contribution >= 4 is 28.9 Å². The molecule has 0 radical (unpaired) electrons. The standard InChI is InChI=1S/C26H32N4O4S/c1-15-24(35-14-27-15)17-6-8-18(9-7-17)26(3)23(33)12-20(28-26)22-11-19(32)13-30(22)25(34)21-5-4-10-29(21)16(2)31/h6-9,14,19-22,28,32H,4-5,10-13H2,1-3H3/t19-,20?,21+,22?,26+/m1/s1. The molecule has 3 aliphatic heterocycles. The van der Waals surface area contributed by atoms with Gasteiger partial charge in [-0.3, -0.25) is 19.7 Å². The summed E-state index contributed by atoms with van der Waals surface area (Å²) in [6.45, 7) is 6.19. The fraction of sp³-hybridized carbons (Fsp3) is 0.538. The highest BCUT2D eigenvalue weighted by Crippen LogP contribution is 2.37. The number of aromatic nitrogens is 1. The van der Waals surface area contributed by atoms with Crippen LogP contribution < -0.4 is 5.32 Å². The van der Waals surface area contributed by atoms with E-state index >= 15 is 0 Å². The van der Waals surface area contributed by atoms with E-state index in [0.29, 0.717) is 19.4 Å². The number of likely N-dealkylation sites (tertiary alicyclic amines) is 2. The van der Waals surface area contributed by atoms with E-state index in [0.717, 1.165) is 28.1 Å². The van der Waals surface area contributed by atoms with E-state index in [-0.39, 0.29) is 42.6 Å². The summed E-state index contributed by atoms with van der Waals surface area (Å²) in [5, 5.41) is 14.0. The van der Waals surface area contributed by atoms with Gasteiger partial charge < -0.3 is 14.9 Å². The number of aliphatic hydroxyl groups is 1. The number of β-amino-alcohol motifs (C(OH)–C–C–N with tert-alkyl or cyclic N) is 1. The van der Waals surface area contributed by atoms with Crippen molar-refractivity contribution in [2.24, 2.45) is 0 Å². The zero-order chi connectivity index (χ0) is 24.9. The molecule has 5 rings (SSSR count). The second-order valence-electron chi connectivity index (χ2n) is 10.2. The Morgan fingerprint density at radius 2 is 1.97 bits per heavy atom. The summed E-state index contributed by atoms with van der Waals surface area (Å²) in [6, 6.07) is 6.98. The Bertz CT molecular complexity index is 1150. The highest BCUT2D eigenvalue weighted by molar-refractivity contribution is 7.13. The maximum absolute atomic E-state index is 13.5. The second-order valence-corrected chi connectivity index (χ2v) is 11.0. The molecule has 0 spiro atoms. The van der Waals surface area contributed by atoms with Gasteiger partial charge in [0.1, 0.15) is 11.6 Å². The second kappa shape index (κ2) is 9.11. The van der Waals surface area contributed by atoms with Crippen LogP contribution in [0.1, 0.15) is 50.8 Å². The third-order valence-electron chi connectivity index (χ3n) is 7.92. The molecule has 0 saturated carbocycles. The third kappa shape index (κ3) is 4.19. The number of aryl methyl sites for hydroxylation is 1. The summed E-state index contributed by atoms with van der Waals surface area (Å²) >= 11 is 1.59. The van der Waals surface area contributed by atoms with Gasteiger partial charge in [0.15, 0.2) is 5.78 Å². The van der Waals surface area contributed by atoms with Crippen molar-refractivity contribution in [3.05, 3.63) is 41.0 Å². The zero-order valence-corrected chi connectivity index (χ0v) is 21.2. The summed E-state index contributed by atoms with van der Waals surface area (Å²) < 4.78 is 0. The van der Waals surface area contributed by atoms with Gasteiger partial charge in [0.2, 0.25) is 11.8 Å². The minimum Gasteiger partial charge on any atom is -0.391 e. The van der Waals surface area contributed by atoms with Gasteiger partial charge in [0.25, 0.3) is 0 Å². The number of nitrogens with zero attached hydrogens (tertiary/aromatic N) is 3. The molecular weight excluding hydrogens is 464 g/mol. The molecule has 2 amide bonds. The van der Waals surface area contributed by atoms with E-state index in [9.17, 15) is 19.5 Å². The first kappa shape index (κ1) is 24.1. The Labute approximate surface area is 209 Å². The quantitative estimate of drug-likeness (QED) is 0.673. The van der Waals surface area contributed by atoms with E-state index in [1.807, 2.05) is 43.6 Å². The van der Waals surface area contributed by atoms with Crippen molar-refractivity contribution in [2.75, 3.05) is 13.1 Å². The van der Waals surface area contributed by atoms with Crippen LogP contribution in [0.3, 0.4) is 0 Å². The Hall–Kier alpha value is -2.62. The summed E-state index contributed by atoms with van der Waals surface area (Å²) in [7, 11) is 0. The molecule has 8 nitrogen and oxygen atoms in total. The topological polar surface area (TPSA) is 103 Å². The number of thiazole rings is 1. The molecular formula is C26H32N4O4S. The third-order valence-corrected chi connectivity index (χ3v) is 8.90. The van der Waals surface area contributed by atoms with Gasteiger partial charge in [-0.2, -0.15) is 0 Å². The van der Waals surface area contributed by atoms with E-state index in [1.54, 1.807) is 21.1 Å². The first-order valence-electron chi connectivity index (χ1n) is 12.3. The molecule has 4 heterocycles. The number of carbonyl (C=O) groups excluding carboxylic acids is 3. The highest BCUT2D eigenvalue weighted by Gasteiger charge is 2.51. The lowest BCUT2D eigenvalue weighted by atomic mass is 9.88. The van der Waals surface area contributed by atoms with Crippen LogP contribution in [0, 0.1) is 6.92 Å². The Morgan fingerprint density at radius 1 is 1.23 bits per heavy atom. The maximum atomic E-state index is 13.5. The molecule has 3 saturated heterocycles. The van der Waals surface area contributed by atoms with Crippen LogP contribution >= 0.6 is 11.3 Å². The molecule has 3 fully saturated rings. The fourth-order valence-corrected chi connectivity index (χ4v) is 6.80. The van der Waals surface area contributed by atoms with Crippen LogP contribution in [0.25, 0.3) is 10.4 Å². The van der Waals surface area contributed by atoms with Gasteiger partial charge in [0, 0.05) is 32.5 Å². The molecule has 2 unspecified atom stereocenters. The largest absolute Gasteiger partial charge is 0.391 e. The van der Waals surface area contributed by atoms with Gasteiger partial charge in [-0.15, -0.1) is 11.3 Å². The molecule has 2 N–H and O–H groups in total. The molecule has 9 heteroatoms. The Kier molecular flexibility index (Phi) is 6.27. The summed E-state index contributed by atoms with van der Waals surface area (Å²) in [6.07, 6.45) is 1.50. The van der Waals surface area contributed by atoms with E-state index in [4.69, 9.17) is 0 Å². The van der Waals surface area contributed by atoms with Crippen LogP contribution in [0.4, 0.5) is 0 Å². The number of amides is 2. The van der Waals surface area contributed by atoms with E-state index in [1.165, 1.54) is 6.92 Å². The van der Waals surface area contributed by atoms with Crippen LogP contribution in [0.15, 0.2) is 29.8 Å². The first-order valence-corrected chi connectivity index (χ1v) is 13.1. The number of ketones is 1. The minimum absolute atomic E-state index is 0.0734. The van der Waals surface area contributed by atoms with Crippen molar-refractivity contribution in [3.8, 4) is 10.4 Å². The van der Waals surface area contributed by atoms with Crippen molar-refractivity contribution in [1.29, 1.82) is 0 Å². The molecule has 2 aromatic rings. The number of benzene rings is 1. The van der Waals surface area contributed by atoms with Crippen molar-refractivity contribution in [2.45, 2.75) is 76.2 Å². The molecule has 1 aromatic carbocycles. The zero-order valence-electron chi connectivity index (χ0n) is 20.4. The predicted octanol–water partition coefficient (Wildman–Crippen LogP) is 2.24. The first-order chi connectivity index (χ1) is 16.7. The van der Waals surface area contributed by atoms with Gasteiger partial charge in [0.05, 0.1) is 28.2 Å². The number of nitrogens with one attached hydrogen (secondary N) is 1. The molecule has 186 valence electrons. The summed E-state index contributed by atoms with van der Waals surface area (Å²) in [5.41, 5.74) is 3.90. The number of Topliss-reactive ketones (excluding diaryl/α,β-unsaturated/α-hetero) is 1. The molecule has 1 aromatic heterocycles. The number of carbonyl (C=O) groups is 3. The average molecular weight is 497 g/mol. The normalized spacial score (nSPS) is 30.9. The summed E-state index contributed by atoms with van der Waals surface area (Å²) in [5.74, 6) is -0.147. The number of hydrogen-bond acceptors (Lipinski definition) is 7. The van der Waals surface area contributed by atoms with Crippen LogP contribution in [-0.4, -0.2) is 74.8 Å². The maximum Gasteiger partial charge on any atom is 0.245 e. The highest BCUT2D eigenvalue weighted by atomic mass is 32.1. The van der Waals surface area contributed by atoms with Gasteiger partial charge >= 0.3 is 0 Å². The Morgan fingerprint density at radius 3 is 2.63 bits per heavy atom. The fourth-order valence-electron chi connectivity index (χ4n) is 5.99. The van der Waals surface area contributed by atoms with Crippen molar-refractivity contribution in [3.63, 3.8) is 0 Å². The predicted molar refractivity (Wildman–Crippen MR) is 133 cm³/mol. The number of rotatable bonds is 4. The van der Waals surface area contributed by atoms with E-state index < -0.39 is 17.7 Å². The van der Waals surface area contributed by atoms with Crippen molar-refractivity contribution < 1.29 is 19.5 Å². The SMILES string of the molecule is CC(=O)N1CCC[C@H]1C(=O)N1C[C@H](O)CC1C1CC(=O)[C@](C)(c2ccc(-c3scnc3C)cc2)N1. The van der Waals surface area contributed by atoms with Gasteiger partial charge in [-0.05, 0) is 44.2 Å². The molecule has 0 aliphatic carbocycles. The number of aliphatic hydroxyl groups excluding tert-OH is 1. The van der Waals surface area contributed by atoms with E-state index in [2.05, 4.69) is 10.3 Å². The molecule has 3 aliphatic rings. The van der Waals surface area contributed by atoms with Crippen molar-refractivity contribution in [1.82, 2.24) is 20.1 Å². The van der Waals surface area contributed by atoms with Gasteiger partial charge in [-0.25, -0.2) is 4.98 Å². The Balaban J connectivity index is 1.35. The molecule has 0 bridgehead atoms. The summed E-state index contributed by atoms with van der Waals surface area (Å²) in [4.78, 5) is 47.6. The van der Waals surface area contributed by atoms with Gasteiger partial charge in [-0.1, -0.05) is 24.3 Å². The molecule has 35 heavy (non-hydrogen) atoms. The van der Waals surface area contributed by atoms with Crippen LogP contribution in [0.2, 0.25) is 0 Å². The lowest BCUT2D eigenvalue weighted by molar-refractivity contribution is -0.144. The van der Waals surface area contributed by atoms with Crippen LogP contribution in [-0.2, 0) is 19.9 Å². The number of hydrogen-bond donors (Lipinski definition) is 2. The average Bonchev–Trinajstić information content (AvgIpc) is 3.61. The lowest BCUT2D eigenvalue weighted by Crippen LogP contribution is -2.54. The van der Waals surface area contributed by atoms with Crippen LogP contribution in [0.5, 0.6) is 0 Å². The minimum atomic E-state index is -0.868. The lowest BCUT2D eigenvalue weighted by Gasteiger charge is -2.34.